The molecule has 0 fully saturated rings. The molecule has 0 aliphatic carbocycles. The highest BCUT2D eigenvalue weighted by Crippen LogP contribution is 2.08. The average molecular weight is 290 g/mol. The molecule has 0 N–H and O–H groups in total. The van der Waals surface area contributed by atoms with E-state index in [9.17, 15) is 4.79 Å². The van der Waals surface area contributed by atoms with E-state index in [4.69, 9.17) is 18.6 Å². The lowest BCUT2D eigenvalue weighted by molar-refractivity contribution is -0.140. The van der Waals surface area contributed by atoms with Gasteiger partial charge in [0.15, 0.2) is 8.32 Å². The maximum atomic E-state index is 11.0. The van der Waals surface area contributed by atoms with Crippen molar-refractivity contribution in [2.24, 2.45) is 0 Å². The Balaban J connectivity index is 3.28. The van der Waals surface area contributed by atoms with Gasteiger partial charge < -0.3 is 18.6 Å². The zero-order valence-electron chi connectivity index (χ0n) is 12.5. The molecule has 19 heavy (non-hydrogen) atoms. The molecule has 0 spiro atoms. The monoisotopic (exact) mass is 290 g/mol. The molecular weight excluding hydrogens is 264 g/mol. The van der Waals surface area contributed by atoms with Crippen molar-refractivity contribution in [3.05, 3.63) is 12.2 Å². The summed E-state index contributed by atoms with van der Waals surface area (Å²) < 4.78 is 21.0. The third-order valence-electron chi connectivity index (χ3n) is 2.58. The van der Waals surface area contributed by atoms with Gasteiger partial charge in [-0.1, -0.05) is 6.58 Å². The van der Waals surface area contributed by atoms with E-state index in [1.165, 1.54) is 0 Å². The minimum Gasteiger partial charge on any atom is -0.460 e. The summed E-state index contributed by atoms with van der Waals surface area (Å²) in [5.74, 6) is -0.383. The molecule has 0 unspecified atom stereocenters. The SMILES string of the molecule is C=C(C)C(=O)OCCOCCOCC[Si](C)(C)OC. The van der Waals surface area contributed by atoms with Crippen LogP contribution in [0.5, 0.6) is 0 Å². The van der Waals surface area contributed by atoms with Gasteiger partial charge in [-0.2, -0.15) is 0 Å². The van der Waals surface area contributed by atoms with Gasteiger partial charge >= 0.3 is 5.97 Å². The molecule has 0 aliphatic rings. The van der Waals surface area contributed by atoms with Crippen molar-refractivity contribution >= 4 is 14.3 Å². The minimum absolute atomic E-state index is 0.245. The number of hydrogen-bond acceptors (Lipinski definition) is 5. The van der Waals surface area contributed by atoms with E-state index in [1.54, 1.807) is 14.0 Å². The summed E-state index contributed by atoms with van der Waals surface area (Å²) in [5.41, 5.74) is 0.397. The predicted octanol–water partition coefficient (Wildman–Crippen LogP) is 1.99. The number of hydrogen-bond donors (Lipinski definition) is 0. The van der Waals surface area contributed by atoms with Gasteiger partial charge in [0.2, 0.25) is 0 Å². The first kappa shape index (κ1) is 18.3. The number of carbonyl (C=O) groups is 1. The van der Waals surface area contributed by atoms with Crippen LogP contribution in [0.4, 0.5) is 0 Å². The van der Waals surface area contributed by atoms with Crippen LogP contribution in [0.2, 0.25) is 19.1 Å². The van der Waals surface area contributed by atoms with Crippen LogP contribution in [0, 0.1) is 0 Å². The molecule has 0 aromatic rings. The molecule has 0 saturated carbocycles. The smallest absolute Gasteiger partial charge is 0.333 e. The molecular formula is C13H26O5Si. The first-order chi connectivity index (χ1) is 8.89. The van der Waals surface area contributed by atoms with Gasteiger partial charge in [0, 0.05) is 19.3 Å². The van der Waals surface area contributed by atoms with Crippen LogP contribution < -0.4 is 0 Å². The number of rotatable bonds is 11. The van der Waals surface area contributed by atoms with Crippen molar-refractivity contribution < 1.29 is 23.4 Å². The van der Waals surface area contributed by atoms with Gasteiger partial charge in [-0.15, -0.1) is 0 Å². The molecule has 0 heterocycles. The summed E-state index contributed by atoms with van der Waals surface area (Å²) in [7, 11) is 0.238. The van der Waals surface area contributed by atoms with Gasteiger partial charge in [0.25, 0.3) is 0 Å². The van der Waals surface area contributed by atoms with Gasteiger partial charge in [-0.05, 0) is 26.1 Å². The van der Waals surface area contributed by atoms with E-state index in [2.05, 4.69) is 19.7 Å². The topological polar surface area (TPSA) is 54.0 Å². The Morgan fingerprint density at radius 1 is 1.05 bits per heavy atom. The average Bonchev–Trinajstić information content (AvgIpc) is 2.36. The fourth-order valence-electron chi connectivity index (χ4n) is 1.06. The van der Waals surface area contributed by atoms with Crippen molar-refractivity contribution in [2.75, 3.05) is 40.1 Å². The van der Waals surface area contributed by atoms with Gasteiger partial charge in [-0.25, -0.2) is 4.79 Å². The van der Waals surface area contributed by atoms with Crippen molar-refractivity contribution in [3.8, 4) is 0 Å². The van der Waals surface area contributed by atoms with Crippen molar-refractivity contribution in [2.45, 2.75) is 26.1 Å². The van der Waals surface area contributed by atoms with Crippen LogP contribution in [-0.4, -0.2) is 54.4 Å². The van der Waals surface area contributed by atoms with Crippen LogP contribution in [0.3, 0.4) is 0 Å². The van der Waals surface area contributed by atoms with Gasteiger partial charge in [0.05, 0.1) is 19.8 Å². The molecule has 0 saturated heterocycles. The predicted molar refractivity (Wildman–Crippen MR) is 76.7 cm³/mol. The summed E-state index contributed by atoms with van der Waals surface area (Å²) in [6.45, 7) is 11.8. The third kappa shape index (κ3) is 10.9. The number of esters is 1. The molecule has 0 bridgehead atoms. The summed E-state index contributed by atoms with van der Waals surface area (Å²) in [6.07, 6.45) is 0. The molecule has 5 nitrogen and oxygen atoms in total. The fraction of sp³-hybridized carbons (Fsp3) is 0.769. The molecule has 0 amide bonds. The summed E-state index contributed by atoms with van der Waals surface area (Å²) in [5, 5.41) is 0. The minimum atomic E-state index is -1.51. The molecule has 6 heteroatoms. The van der Waals surface area contributed by atoms with Crippen LogP contribution in [0.1, 0.15) is 6.92 Å². The Morgan fingerprint density at radius 3 is 2.11 bits per heavy atom. The summed E-state index contributed by atoms with van der Waals surface area (Å²) in [4.78, 5) is 11.0. The molecule has 0 radical (unpaired) electrons. The maximum absolute atomic E-state index is 11.0. The normalized spacial score (nSPS) is 11.4. The Hall–Kier alpha value is -0.693. The van der Waals surface area contributed by atoms with Crippen molar-refractivity contribution in [1.82, 2.24) is 0 Å². The quantitative estimate of drug-likeness (QED) is 0.252. The van der Waals surface area contributed by atoms with Crippen LogP contribution in [-0.2, 0) is 23.4 Å². The lowest BCUT2D eigenvalue weighted by Gasteiger charge is -2.19. The highest BCUT2D eigenvalue weighted by atomic mass is 28.4. The Kier molecular flexibility index (Phi) is 9.77. The van der Waals surface area contributed by atoms with E-state index in [-0.39, 0.29) is 12.6 Å². The Bertz CT molecular complexity index is 278. The lowest BCUT2D eigenvalue weighted by atomic mass is 10.4. The number of ether oxygens (including phenoxy) is 3. The van der Waals surface area contributed by atoms with Gasteiger partial charge in [-0.3, -0.25) is 0 Å². The molecule has 0 atom stereocenters. The summed E-state index contributed by atoms with van der Waals surface area (Å²) in [6, 6.07) is 0.972. The molecule has 0 rings (SSSR count). The van der Waals surface area contributed by atoms with Crippen LogP contribution in [0.25, 0.3) is 0 Å². The van der Waals surface area contributed by atoms with Crippen molar-refractivity contribution in [3.63, 3.8) is 0 Å². The summed E-state index contributed by atoms with van der Waals surface area (Å²) >= 11 is 0. The largest absolute Gasteiger partial charge is 0.460 e. The van der Waals surface area contributed by atoms with Crippen molar-refractivity contribution in [1.29, 1.82) is 0 Å². The Morgan fingerprint density at radius 2 is 1.58 bits per heavy atom. The zero-order chi connectivity index (χ0) is 14.7. The van der Waals surface area contributed by atoms with Crippen LogP contribution in [0.15, 0.2) is 12.2 Å². The second-order valence-electron chi connectivity index (χ2n) is 4.85. The highest BCUT2D eigenvalue weighted by molar-refractivity contribution is 6.71. The third-order valence-corrected chi connectivity index (χ3v) is 5.10. The first-order valence-electron chi connectivity index (χ1n) is 6.42. The molecule has 0 aromatic heterocycles. The van der Waals surface area contributed by atoms with E-state index < -0.39 is 8.32 Å². The van der Waals surface area contributed by atoms with E-state index in [0.29, 0.717) is 32.0 Å². The standard InChI is InChI=1S/C13H26O5Si/c1-12(2)13(14)18-9-8-16-6-7-17-10-11-19(4,5)15-3/h1,6-11H2,2-5H3. The fourth-order valence-corrected chi connectivity index (χ4v) is 1.90. The second kappa shape index (κ2) is 10.1. The van der Waals surface area contributed by atoms with E-state index in [0.717, 1.165) is 6.04 Å². The molecule has 112 valence electrons. The molecule has 0 aliphatic heterocycles. The van der Waals surface area contributed by atoms with Crippen LogP contribution >= 0.6 is 0 Å². The van der Waals surface area contributed by atoms with E-state index >= 15 is 0 Å². The molecule has 0 aromatic carbocycles. The number of carbonyl (C=O) groups excluding carboxylic acids is 1. The lowest BCUT2D eigenvalue weighted by Crippen LogP contribution is -2.30. The second-order valence-corrected chi connectivity index (χ2v) is 9.28. The van der Waals surface area contributed by atoms with Gasteiger partial charge in [0.1, 0.15) is 6.61 Å². The highest BCUT2D eigenvalue weighted by Gasteiger charge is 2.19. The maximum Gasteiger partial charge on any atom is 0.333 e. The Labute approximate surface area is 117 Å². The first-order valence-corrected chi connectivity index (χ1v) is 9.54. The zero-order valence-corrected chi connectivity index (χ0v) is 13.5. The van der Waals surface area contributed by atoms with E-state index in [1.807, 2.05) is 0 Å².